The number of thiophene rings is 1. The van der Waals surface area contributed by atoms with E-state index >= 15 is 0 Å². The summed E-state index contributed by atoms with van der Waals surface area (Å²) in [5.74, 6) is 1.54. The Morgan fingerprint density at radius 3 is 2.76 bits per heavy atom. The molecule has 5 aromatic rings. The molecule has 7 rings (SSSR count). The number of sulfonamides is 1. The molecular formula is C28H22ClN7O2S3. The summed E-state index contributed by atoms with van der Waals surface area (Å²) in [6.07, 6.45) is 2.15. The Balaban J connectivity index is 1.24. The van der Waals surface area contributed by atoms with Crippen molar-refractivity contribution in [2.75, 3.05) is 6.54 Å². The first-order valence-corrected chi connectivity index (χ1v) is 15.9. The Kier molecular flexibility index (Phi) is 6.38. The van der Waals surface area contributed by atoms with Gasteiger partial charge < -0.3 is 4.90 Å². The minimum Gasteiger partial charge on any atom is -0.343 e. The van der Waals surface area contributed by atoms with Gasteiger partial charge in [0.15, 0.2) is 10.9 Å². The van der Waals surface area contributed by atoms with Gasteiger partial charge in [0.2, 0.25) is 0 Å². The molecule has 0 bridgehead atoms. The van der Waals surface area contributed by atoms with Gasteiger partial charge in [-0.1, -0.05) is 48.0 Å². The minimum atomic E-state index is -3.93. The molecule has 2 aliphatic rings. The predicted molar refractivity (Wildman–Crippen MR) is 164 cm³/mol. The molecule has 0 aliphatic carbocycles. The molecule has 5 heterocycles. The van der Waals surface area contributed by atoms with Crippen LogP contribution in [0.3, 0.4) is 0 Å². The van der Waals surface area contributed by atoms with E-state index in [1.54, 1.807) is 29.5 Å². The zero-order chi connectivity index (χ0) is 28.3. The number of aliphatic imine (C=N–C) groups is 1. The van der Waals surface area contributed by atoms with Crippen LogP contribution in [0.5, 0.6) is 0 Å². The summed E-state index contributed by atoms with van der Waals surface area (Å²) in [6.45, 7) is 3.31. The van der Waals surface area contributed by atoms with Crippen molar-refractivity contribution in [1.29, 1.82) is 0 Å². The van der Waals surface area contributed by atoms with Crippen LogP contribution < -0.4 is 4.72 Å². The molecule has 0 atom stereocenters. The molecule has 1 N–H and O–H groups in total. The number of aryl methyl sites for hydroxylation is 1. The maximum atomic E-state index is 13.4. The van der Waals surface area contributed by atoms with Gasteiger partial charge in [0.05, 0.1) is 22.7 Å². The van der Waals surface area contributed by atoms with Crippen molar-refractivity contribution in [3.8, 4) is 5.00 Å². The Morgan fingerprint density at radius 1 is 1.10 bits per heavy atom. The fourth-order valence-corrected chi connectivity index (χ4v) is 8.69. The van der Waals surface area contributed by atoms with Crippen molar-refractivity contribution in [3.05, 3.63) is 99.0 Å². The number of halogens is 1. The van der Waals surface area contributed by atoms with E-state index in [2.05, 4.69) is 24.5 Å². The quantitative estimate of drug-likeness (QED) is 0.289. The Bertz CT molecular complexity index is 2010. The van der Waals surface area contributed by atoms with Crippen molar-refractivity contribution >= 4 is 66.9 Å². The highest BCUT2D eigenvalue weighted by molar-refractivity contribution is 7.92. The lowest BCUT2D eigenvalue weighted by atomic mass is 9.95. The first kappa shape index (κ1) is 26.2. The van der Waals surface area contributed by atoms with E-state index in [9.17, 15) is 8.42 Å². The third kappa shape index (κ3) is 4.42. The van der Waals surface area contributed by atoms with Gasteiger partial charge in [0.25, 0.3) is 10.0 Å². The molecule has 0 fully saturated rings. The standard InChI is InChI=1S/C28H22ClN7O2S3/c1-16-32-33-24-14-31-26(17-6-2-4-8-20(17)29)25-19-11-13-35(15-22(19)40-27(25)36(16)24)28(39)34-41(37,38)23-10-12-30-21-9-5-3-7-18(21)23/h2-10,12H,11,13-15H2,1H3,(H,34,39). The average Bonchev–Trinajstić information content (AvgIpc) is 3.47. The van der Waals surface area contributed by atoms with E-state index < -0.39 is 10.0 Å². The SMILES string of the molecule is Cc1nnc2n1-c1sc3c(c1C(c1ccccc1Cl)=NC2)CCN(C(=S)NS(=O)(=O)c1ccnc2ccccc12)C3. The summed E-state index contributed by atoms with van der Waals surface area (Å²) in [4.78, 5) is 12.4. The lowest BCUT2D eigenvalue weighted by Crippen LogP contribution is -2.44. The van der Waals surface area contributed by atoms with Gasteiger partial charge >= 0.3 is 0 Å². The van der Waals surface area contributed by atoms with Crippen molar-refractivity contribution in [3.63, 3.8) is 0 Å². The van der Waals surface area contributed by atoms with E-state index in [1.165, 1.54) is 12.3 Å². The smallest absolute Gasteiger partial charge is 0.264 e. The summed E-state index contributed by atoms with van der Waals surface area (Å²) >= 11 is 13.9. The summed E-state index contributed by atoms with van der Waals surface area (Å²) < 4.78 is 31.5. The van der Waals surface area contributed by atoms with Crippen molar-refractivity contribution in [1.82, 2.24) is 29.4 Å². The summed E-state index contributed by atoms with van der Waals surface area (Å²) in [6, 6.07) is 16.3. The molecule has 41 heavy (non-hydrogen) atoms. The van der Waals surface area contributed by atoms with Crippen molar-refractivity contribution in [2.24, 2.45) is 4.99 Å². The van der Waals surface area contributed by atoms with Crippen LogP contribution in [0, 0.1) is 6.92 Å². The molecule has 9 nitrogen and oxygen atoms in total. The Labute approximate surface area is 250 Å². The molecule has 13 heteroatoms. The lowest BCUT2D eigenvalue weighted by Gasteiger charge is -2.29. The first-order valence-electron chi connectivity index (χ1n) is 12.8. The van der Waals surface area contributed by atoms with Crippen molar-refractivity contribution in [2.45, 2.75) is 31.3 Å². The fraction of sp³-hybridized carbons (Fsp3) is 0.179. The Morgan fingerprint density at radius 2 is 1.90 bits per heavy atom. The van der Waals surface area contributed by atoms with Crippen LogP contribution in [-0.4, -0.2) is 50.4 Å². The van der Waals surface area contributed by atoms with Crippen LogP contribution >= 0.6 is 35.2 Å². The van der Waals surface area contributed by atoms with Gasteiger partial charge in [-0.05, 0) is 49.3 Å². The molecule has 0 amide bonds. The highest BCUT2D eigenvalue weighted by Crippen LogP contribution is 2.40. The van der Waals surface area contributed by atoms with Crippen LogP contribution in [0.4, 0.5) is 0 Å². The number of thiocarbonyl (C=S) groups is 1. The normalized spacial score (nSPS) is 14.6. The van der Waals surface area contributed by atoms with Gasteiger partial charge in [-0.3, -0.25) is 19.3 Å². The number of pyridine rings is 1. The van der Waals surface area contributed by atoms with Crippen LogP contribution in [0.15, 0.2) is 70.7 Å². The van der Waals surface area contributed by atoms with E-state index in [0.717, 1.165) is 43.9 Å². The number of benzene rings is 2. The third-order valence-corrected chi connectivity index (χ3v) is 10.7. The minimum absolute atomic E-state index is 0.141. The summed E-state index contributed by atoms with van der Waals surface area (Å²) in [5.41, 5.74) is 4.47. The van der Waals surface area contributed by atoms with Gasteiger partial charge in [0.1, 0.15) is 17.4 Å². The zero-order valence-corrected chi connectivity index (χ0v) is 24.9. The maximum Gasteiger partial charge on any atom is 0.264 e. The monoisotopic (exact) mass is 619 g/mol. The highest BCUT2D eigenvalue weighted by Gasteiger charge is 2.33. The number of para-hydroxylation sites is 1. The van der Waals surface area contributed by atoms with Crippen LogP contribution in [-0.2, 0) is 29.5 Å². The number of fused-ring (bicyclic) bond motifs is 6. The van der Waals surface area contributed by atoms with Crippen molar-refractivity contribution < 1.29 is 8.42 Å². The molecule has 0 saturated heterocycles. The molecule has 0 saturated carbocycles. The number of hydrogen-bond acceptors (Lipinski definition) is 8. The second-order valence-corrected chi connectivity index (χ2v) is 13.3. The molecule has 2 aromatic carbocycles. The molecule has 0 unspecified atom stereocenters. The molecular weight excluding hydrogens is 598 g/mol. The number of nitrogens with one attached hydrogen (secondary N) is 1. The zero-order valence-electron chi connectivity index (χ0n) is 21.7. The van der Waals surface area contributed by atoms with E-state index in [1.807, 2.05) is 42.2 Å². The van der Waals surface area contributed by atoms with E-state index in [-0.39, 0.29) is 10.0 Å². The second-order valence-electron chi connectivity index (χ2n) is 9.74. The van der Waals surface area contributed by atoms with Crippen LogP contribution in [0.25, 0.3) is 15.9 Å². The van der Waals surface area contributed by atoms with Crippen LogP contribution in [0.1, 0.15) is 33.2 Å². The first-order chi connectivity index (χ1) is 19.8. The van der Waals surface area contributed by atoms with Gasteiger partial charge in [-0.2, -0.15) is 0 Å². The molecule has 206 valence electrons. The largest absolute Gasteiger partial charge is 0.343 e. The number of aromatic nitrogens is 4. The number of rotatable bonds is 3. The molecule has 2 aliphatic heterocycles. The maximum absolute atomic E-state index is 13.4. The topological polar surface area (TPSA) is 105 Å². The Hall–Kier alpha value is -3.71. The highest BCUT2D eigenvalue weighted by atomic mass is 35.5. The average molecular weight is 620 g/mol. The lowest BCUT2D eigenvalue weighted by molar-refractivity contribution is 0.398. The predicted octanol–water partition coefficient (Wildman–Crippen LogP) is 4.81. The van der Waals surface area contributed by atoms with E-state index in [4.69, 9.17) is 28.8 Å². The third-order valence-electron chi connectivity index (χ3n) is 7.29. The molecule has 0 spiro atoms. The number of nitrogens with zero attached hydrogens (tertiary/aromatic N) is 6. The summed E-state index contributed by atoms with van der Waals surface area (Å²) in [7, 11) is -3.93. The summed E-state index contributed by atoms with van der Waals surface area (Å²) in [5, 5.41) is 11.0. The van der Waals surface area contributed by atoms with Gasteiger partial charge in [0, 0.05) is 39.2 Å². The molecule has 0 radical (unpaired) electrons. The van der Waals surface area contributed by atoms with Gasteiger partial charge in [-0.15, -0.1) is 21.5 Å². The molecule has 3 aromatic heterocycles. The fourth-order valence-electron chi connectivity index (χ4n) is 5.38. The van der Waals surface area contributed by atoms with Gasteiger partial charge in [-0.25, -0.2) is 8.42 Å². The second kappa shape index (κ2) is 9.98. The van der Waals surface area contributed by atoms with E-state index in [0.29, 0.717) is 42.0 Å². The number of hydrogen-bond donors (Lipinski definition) is 1. The van der Waals surface area contributed by atoms with Crippen LogP contribution in [0.2, 0.25) is 5.02 Å².